The van der Waals surface area contributed by atoms with Gasteiger partial charge >= 0.3 is 0 Å². The van der Waals surface area contributed by atoms with Crippen LogP contribution in [0.15, 0.2) is 18.2 Å². The highest BCUT2D eigenvalue weighted by Crippen LogP contribution is 2.34. The lowest BCUT2D eigenvalue weighted by atomic mass is 9.85. The van der Waals surface area contributed by atoms with Crippen LogP contribution in [-0.4, -0.2) is 0 Å². The Morgan fingerprint density at radius 2 is 1.69 bits per heavy atom. The molecule has 0 saturated heterocycles. The molecule has 2 heteroatoms. The first kappa shape index (κ1) is 10.4. The Bertz CT molecular complexity index is 339. The van der Waals surface area contributed by atoms with E-state index in [0.717, 1.165) is 5.56 Å². The van der Waals surface area contributed by atoms with Crippen molar-refractivity contribution in [3.8, 4) is 12.3 Å². The van der Waals surface area contributed by atoms with E-state index in [4.69, 9.17) is 29.6 Å². The van der Waals surface area contributed by atoms with Crippen LogP contribution in [0.25, 0.3) is 0 Å². The molecule has 0 nitrogen and oxygen atoms in total. The fraction of sp³-hybridized carbons (Fsp3) is 0.273. The quantitative estimate of drug-likeness (QED) is 0.620. The van der Waals surface area contributed by atoms with E-state index in [2.05, 4.69) is 5.92 Å². The van der Waals surface area contributed by atoms with Crippen molar-refractivity contribution in [3.63, 3.8) is 0 Å². The van der Waals surface area contributed by atoms with Crippen molar-refractivity contribution >= 4 is 23.2 Å². The highest BCUT2D eigenvalue weighted by atomic mass is 35.5. The second kappa shape index (κ2) is 3.62. The normalized spacial score (nSPS) is 11.0. The lowest BCUT2D eigenvalue weighted by Gasteiger charge is -2.20. The molecular formula is C11H10Cl2. The predicted octanol–water partition coefficient (Wildman–Crippen LogP) is 3.90. The van der Waals surface area contributed by atoms with Crippen LogP contribution in [0, 0.1) is 12.3 Å². The maximum atomic E-state index is 6.01. The van der Waals surface area contributed by atoms with E-state index in [9.17, 15) is 0 Å². The van der Waals surface area contributed by atoms with Gasteiger partial charge in [-0.3, -0.25) is 0 Å². The van der Waals surface area contributed by atoms with Crippen molar-refractivity contribution in [2.24, 2.45) is 0 Å². The van der Waals surface area contributed by atoms with E-state index in [1.807, 2.05) is 13.8 Å². The minimum Gasteiger partial charge on any atom is -0.119 e. The first-order chi connectivity index (χ1) is 5.99. The topological polar surface area (TPSA) is 0 Å². The van der Waals surface area contributed by atoms with Crippen LogP contribution in [0.2, 0.25) is 10.0 Å². The highest BCUT2D eigenvalue weighted by molar-refractivity contribution is 6.36. The van der Waals surface area contributed by atoms with Gasteiger partial charge in [-0.15, -0.1) is 6.42 Å². The Kier molecular flexibility index (Phi) is 2.91. The Labute approximate surface area is 88.9 Å². The number of rotatable bonds is 1. The fourth-order valence-electron chi connectivity index (χ4n) is 1.17. The third-order valence-electron chi connectivity index (χ3n) is 1.95. The average molecular weight is 213 g/mol. The zero-order valence-corrected chi connectivity index (χ0v) is 9.08. The molecule has 1 rings (SSSR count). The van der Waals surface area contributed by atoms with Crippen LogP contribution in [0.5, 0.6) is 0 Å². The fourth-order valence-corrected chi connectivity index (χ4v) is 2.04. The van der Waals surface area contributed by atoms with Gasteiger partial charge in [-0.2, -0.15) is 0 Å². The Morgan fingerprint density at radius 1 is 1.23 bits per heavy atom. The number of halogens is 2. The van der Waals surface area contributed by atoms with Gasteiger partial charge in [0.2, 0.25) is 0 Å². The summed E-state index contributed by atoms with van der Waals surface area (Å²) in [5, 5.41) is 1.24. The predicted molar refractivity (Wildman–Crippen MR) is 58.3 cm³/mol. The summed E-state index contributed by atoms with van der Waals surface area (Å²) in [5.41, 5.74) is 0.399. The van der Waals surface area contributed by atoms with E-state index >= 15 is 0 Å². The molecule has 0 aromatic heterocycles. The molecule has 0 bridgehead atoms. The monoisotopic (exact) mass is 212 g/mol. The lowest BCUT2D eigenvalue weighted by molar-refractivity contribution is 0.700. The number of terminal acetylenes is 1. The molecule has 0 unspecified atom stereocenters. The third-order valence-corrected chi connectivity index (χ3v) is 2.58. The lowest BCUT2D eigenvalue weighted by Crippen LogP contribution is -2.15. The zero-order chi connectivity index (χ0) is 10.1. The molecule has 1 aromatic carbocycles. The average Bonchev–Trinajstić information content (AvgIpc) is 2.03. The van der Waals surface area contributed by atoms with Gasteiger partial charge in [0.05, 0.1) is 5.41 Å². The number of hydrogen-bond donors (Lipinski definition) is 0. The van der Waals surface area contributed by atoms with Crippen molar-refractivity contribution in [3.05, 3.63) is 33.8 Å². The minimum atomic E-state index is -0.421. The SMILES string of the molecule is C#CC(C)(C)c1c(Cl)cccc1Cl. The summed E-state index contributed by atoms with van der Waals surface area (Å²) in [6.07, 6.45) is 5.41. The highest BCUT2D eigenvalue weighted by Gasteiger charge is 2.23. The molecule has 0 atom stereocenters. The molecule has 0 aliphatic rings. The molecule has 0 aliphatic heterocycles. The Balaban J connectivity index is 3.38. The summed E-state index contributed by atoms with van der Waals surface area (Å²) in [5.74, 6) is 2.67. The summed E-state index contributed by atoms with van der Waals surface area (Å²) >= 11 is 12.0. The maximum Gasteiger partial charge on any atom is 0.0533 e. The molecule has 68 valence electrons. The van der Waals surface area contributed by atoms with Crippen LogP contribution in [0.4, 0.5) is 0 Å². The molecular weight excluding hydrogens is 203 g/mol. The smallest absolute Gasteiger partial charge is 0.0533 e. The Hall–Kier alpha value is -0.640. The summed E-state index contributed by atoms with van der Waals surface area (Å²) in [6.45, 7) is 3.83. The van der Waals surface area contributed by atoms with E-state index in [-0.39, 0.29) is 0 Å². The van der Waals surface area contributed by atoms with Gasteiger partial charge < -0.3 is 0 Å². The molecule has 0 fully saturated rings. The summed E-state index contributed by atoms with van der Waals surface area (Å²) in [4.78, 5) is 0. The van der Waals surface area contributed by atoms with Crippen molar-refractivity contribution in [1.29, 1.82) is 0 Å². The van der Waals surface area contributed by atoms with Crippen LogP contribution in [-0.2, 0) is 5.41 Å². The molecule has 13 heavy (non-hydrogen) atoms. The van der Waals surface area contributed by atoms with Gasteiger partial charge in [0.25, 0.3) is 0 Å². The van der Waals surface area contributed by atoms with Crippen molar-refractivity contribution in [1.82, 2.24) is 0 Å². The standard InChI is InChI=1S/C11H10Cl2/c1-4-11(2,3)10-8(12)6-5-7-9(10)13/h1,5-7H,2-3H3. The molecule has 0 N–H and O–H groups in total. The summed E-state index contributed by atoms with van der Waals surface area (Å²) in [6, 6.07) is 5.39. The van der Waals surface area contributed by atoms with Gasteiger partial charge in [0.15, 0.2) is 0 Å². The first-order valence-electron chi connectivity index (χ1n) is 3.91. The van der Waals surface area contributed by atoms with E-state index in [0.29, 0.717) is 10.0 Å². The molecule has 0 amide bonds. The summed E-state index contributed by atoms with van der Waals surface area (Å²) in [7, 11) is 0. The molecule has 0 spiro atoms. The van der Waals surface area contributed by atoms with Crippen LogP contribution < -0.4 is 0 Å². The van der Waals surface area contributed by atoms with E-state index in [1.54, 1.807) is 18.2 Å². The summed E-state index contributed by atoms with van der Waals surface area (Å²) < 4.78 is 0. The van der Waals surface area contributed by atoms with Gasteiger partial charge in [-0.25, -0.2) is 0 Å². The zero-order valence-electron chi connectivity index (χ0n) is 7.57. The Morgan fingerprint density at radius 3 is 2.08 bits per heavy atom. The van der Waals surface area contributed by atoms with Gasteiger partial charge in [0.1, 0.15) is 0 Å². The van der Waals surface area contributed by atoms with Crippen LogP contribution >= 0.6 is 23.2 Å². The molecule has 0 heterocycles. The van der Waals surface area contributed by atoms with Crippen LogP contribution in [0.1, 0.15) is 19.4 Å². The van der Waals surface area contributed by atoms with Crippen molar-refractivity contribution in [2.45, 2.75) is 19.3 Å². The molecule has 0 aliphatic carbocycles. The third kappa shape index (κ3) is 1.99. The van der Waals surface area contributed by atoms with Crippen molar-refractivity contribution < 1.29 is 0 Å². The number of benzene rings is 1. The first-order valence-corrected chi connectivity index (χ1v) is 4.67. The molecule has 0 radical (unpaired) electrons. The maximum absolute atomic E-state index is 6.01. The number of hydrogen-bond acceptors (Lipinski definition) is 0. The minimum absolute atomic E-state index is 0.421. The van der Waals surface area contributed by atoms with Gasteiger partial charge in [-0.05, 0) is 26.0 Å². The molecule has 0 saturated carbocycles. The van der Waals surface area contributed by atoms with E-state index in [1.165, 1.54) is 0 Å². The van der Waals surface area contributed by atoms with Gasteiger partial charge in [0, 0.05) is 15.6 Å². The van der Waals surface area contributed by atoms with Gasteiger partial charge in [-0.1, -0.05) is 35.2 Å². The van der Waals surface area contributed by atoms with E-state index < -0.39 is 5.41 Å². The second-order valence-electron chi connectivity index (χ2n) is 3.37. The largest absolute Gasteiger partial charge is 0.119 e. The molecule has 1 aromatic rings. The second-order valence-corrected chi connectivity index (χ2v) is 4.18. The van der Waals surface area contributed by atoms with Crippen molar-refractivity contribution in [2.75, 3.05) is 0 Å². The van der Waals surface area contributed by atoms with Crippen LogP contribution in [0.3, 0.4) is 0 Å².